The molecule has 0 aliphatic carbocycles. The average Bonchev–Trinajstić information content (AvgIpc) is 3.49. The van der Waals surface area contributed by atoms with E-state index >= 15 is 0 Å². The summed E-state index contributed by atoms with van der Waals surface area (Å²) in [5.41, 5.74) is 3.10. The van der Waals surface area contributed by atoms with Gasteiger partial charge in [-0.25, -0.2) is 19.4 Å². The maximum atomic E-state index is 14.5. The minimum absolute atomic E-state index is 0.0295. The maximum Gasteiger partial charge on any atom is 0.406 e. The highest BCUT2D eigenvalue weighted by atomic mass is 31.2. The first-order valence-electron chi connectivity index (χ1n) is 27.3. The Hall–Kier alpha value is -7.64. The highest BCUT2D eigenvalue weighted by molar-refractivity contribution is 7.51. The van der Waals surface area contributed by atoms with Crippen LogP contribution in [-0.2, 0) is 83.0 Å². The molecular weight excluding hydrogens is 1060 g/mol. The van der Waals surface area contributed by atoms with E-state index < -0.39 is 62.1 Å². The van der Waals surface area contributed by atoms with Crippen LogP contribution in [0.3, 0.4) is 0 Å². The molecule has 0 spiro atoms. The van der Waals surface area contributed by atoms with Crippen LogP contribution in [-0.4, -0.2) is 84.3 Å². The van der Waals surface area contributed by atoms with E-state index in [1.165, 1.54) is 12.3 Å². The third-order valence-electron chi connectivity index (χ3n) is 12.4. The number of nitrogens with zero attached hydrogens (tertiary/aromatic N) is 1. The molecule has 4 amide bonds. The van der Waals surface area contributed by atoms with Crippen molar-refractivity contribution in [3.05, 3.63) is 173 Å². The molecular formula is C60H74FN6O13P. The molecule has 1 heterocycles. The predicted molar refractivity (Wildman–Crippen MR) is 300 cm³/mol. The van der Waals surface area contributed by atoms with Gasteiger partial charge in [0.1, 0.15) is 31.9 Å². The van der Waals surface area contributed by atoms with Crippen LogP contribution in [0.1, 0.15) is 123 Å². The van der Waals surface area contributed by atoms with Crippen molar-refractivity contribution in [1.29, 1.82) is 0 Å². The minimum Gasteiger partial charge on any atom is -0.461 e. The van der Waals surface area contributed by atoms with Gasteiger partial charge in [0.25, 0.3) is 5.91 Å². The first kappa shape index (κ1) is 64.2. The molecule has 5 N–H and O–H groups in total. The number of pyridine rings is 1. The van der Waals surface area contributed by atoms with Gasteiger partial charge in [0.2, 0.25) is 23.7 Å². The molecule has 0 saturated heterocycles. The molecule has 5 rings (SSSR count). The number of esters is 3. The number of carbonyl (C=O) groups excluding carboxylic acids is 7. The van der Waals surface area contributed by atoms with Crippen LogP contribution in [0, 0.1) is 5.95 Å². The van der Waals surface area contributed by atoms with Crippen LogP contribution in [0.25, 0.3) is 0 Å². The Balaban J connectivity index is 1.05. The van der Waals surface area contributed by atoms with E-state index in [2.05, 4.69) is 31.3 Å². The van der Waals surface area contributed by atoms with Crippen molar-refractivity contribution >= 4 is 49.3 Å². The number of amides is 4. The molecule has 0 bridgehead atoms. The zero-order valence-corrected chi connectivity index (χ0v) is 46.6. The van der Waals surface area contributed by atoms with Gasteiger partial charge in [-0.3, -0.25) is 37.8 Å². The summed E-state index contributed by atoms with van der Waals surface area (Å²) in [7, 11) is -4.37. The fourth-order valence-electron chi connectivity index (χ4n) is 7.93. The van der Waals surface area contributed by atoms with Gasteiger partial charge in [-0.1, -0.05) is 134 Å². The summed E-state index contributed by atoms with van der Waals surface area (Å²) in [6.07, 6.45) is 5.31. The standard InChI is InChI=1S/C60H74FN6O13P/c1-45(21-20-38-79-81(75,80-44-49-28-14-5-15-29-49)67-52(60(74)78-43-48-26-12-4-13-27-48)39-57(71)76-41-46-22-8-2-9-23-46)65-56(70)35-33-51(59(73)77-42-47-24-10-3-11-25-47)66-55(69)31-17-7-18-36-62-54(68)30-16-6-19-37-63-58(72)50-32-34-53(61)64-40-50/h2-5,8-15,22-29,32,34,40,45,51-52H,6-7,16-21,30-31,33,35-39,41-44H2,1H3,(H,62,68)(H,63,72)(H,65,70)(H,66,69)(H,67,75)/t45-,51+,52+,81?/m1/s1. The van der Waals surface area contributed by atoms with E-state index in [-0.39, 0.29) is 82.0 Å². The number of unbranched alkanes of at least 4 members (excludes halogenated alkanes) is 4. The van der Waals surface area contributed by atoms with Crippen molar-refractivity contribution in [2.24, 2.45) is 0 Å². The van der Waals surface area contributed by atoms with Gasteiger partial charge < -0.3 is 35.5 Å². The largest absolute Gasteiger partial charge is 0.461 e. The lowest BCUT2D eigenvalue weighted by Gasteiger charge is -2.24. The van der Waals surface area contributed by atoms with Crippen LogP contribution in [0.2, 0.25) is 0 Å². The van der Waals surface area contributed by atoms with Gasteiger partial charge in [-0.15, -0.1) is 0 Å². The van der Waals surface area contributed by atoms with E-state index in [9.17, 15) is 42.5 Å². The van der Waals surface area contributed by atoms with Gasteiger partial charge in [-0.2, -0.15) is 4.39 Å². The third-order valence-corrected chi connectivity index (χ3v) is 14.0. The Labute approximate surface area is 472 Å². The Kier molecular flexibility index (Phi) is 29.0. The summed E-state index contributed by atoms with van der Waals surface area (Å²) in [4.78, 5) is 94.5. The van der Waals surface area contributed by atoms with Crippen molar-refractivity contribution in [2.45, 2.75) is 135 Å². The molecule has 0 fully saturated rings. The normalized spacial score (nSPS) is 12.8. The Morgan fingerprint density at radius 2 is 1.02 bits per heavy atom. The second-order valence-electron chi connectivity index (χ2n) is 19.2. The van der Waals surface area contributed by atoms with Gasteiger partial charge in [-0.05, 0) is 86.3 Å². The molecule has 5 aromatic rings. The number of nitrogens with one attached hydrogen (secondary N) is 5. The molecule has 19 nitrogen and oxygen atoms in total. The highest BCUT2D eigenvalue weighted by Crippen LogP contribution is 2.46. The molecule has 0 aliphatic rings. The zero-order valence-electron chi connectivity index (χ0n) is 45.7. The summed E-state index contributed by atoms with van der Waals surface area (Å²) < 4.78 is 55.8. The fourth-order valence-corrected chi connectivity index (χ4v) is 9.42. The van der Waals surface area contributed by atoms with E-state index in [0.717, 1.165) is 23.6 Å². The Morgan fingerprint density at radius 3 is 1.58 bits per heavy atom. The monoisotopic (exact) mass is 1140 g/mol. The Bertz CT molecular complexity index is 2750. The number of halogens is 1. The van der Waals surface area contributed by atoms with Gasteiger partial charge in [0.15, 0.2) is 0 Å². The number of carbonyl (C=O) groups is 7. The lowest BCUT2D eigenvalue weighted by Crippen LogP contribution is -2.43. The molecule has 21 heteroatoms. The lowest BCUT2D eigenvalue weighted by atomic mass is 10.1. The maximum absolute atomic E-state index is 14.5. The highest BCUT2D eigenvalue weighted by Gasteiger charge is 2.35. The average molecular weight is 1140 g/mol. The molecule has 1 aromatic heterocycles. The number of ether oxygens (including phenoxy) is 3. The van der Waals surface area contributed by atoms with Crippen LogP contribution >= 0.6 is 7.75 Å². The van der Waals surface area contributed by atoms with Crippen LogP contribution in [0.5, 0.6) is 0 Å². The van der Waals surface area contributed by atoms with E-state index in [4.69, 9.17) is 23.3 Å². The number of hydrogen-bond acceptors (Lipinski definition) is 14. The smallest absolute Gasteiger partial charge is 0.406 e. The molecule has 4 aromatic carbocycles. The Morgan fingerprint density at radius 1 is 0.519 bits per heavy atom. The summed E-state index contributed by atoms with van der Waals surface area (Å²) in [5, 5.41) is 13.9. The summed E-state index contributed by atoms with van der Waals surface area (Å²) in [6.45, 7) is 2.10. The van der Waals surface area contributed by atoms with Crippen molar-refractivity contribution in [3.8, 4) is 0 Å². The topological polar surface area (TPSA) is 256 Å². The van der Waals surface area contributed by atoms with Crippen LogP contribution in [0.4, 0.5) is 4.39 Å². The van der Waals surface area contributed by atoms with E-state index in [0.29, 0.717) is 69.2 Å². The number of aromatic nitrogens is 1. The van der Waals surface area contributed by atoms with E-state index in [1.54, 1.807) is 91.9 Å². The minimum atomic E-state index is -4.37. The summed E-state index contributed by atoms with van der Waals surface area (Å²) in [5.74, 6) is -4.21. The molecule has 0 aliphatic heterocycles. The van der Waals surface area contributed by atoms with Crippen molar-refractivity contribution in [2.75, 3.05) is 19.7 Å². The predicted octanol–water partition coefficient (Wildman–Crippen LogP) is 8.66. The van der Waals surface area contributed by atoms with Gasteiger partial charge >= 0.3 is 25.7 Å². The number of hydrogen-bond donors (Lipinski definition) is 5. The molecule has 81 heavy (non-hydrogen) atoms. The quantitative estimate of drug-likeness (QED) is 0.00815. The first-order valence-corrected chi connectivity index (χ1v) is 28.8. The van der Waals surface area contributed by atoms with Crippen molar-refractivity contribution in [1.82, 2.24) is 31.3 Å². The molecule has 434 valence electrons. The molecule has 0 radical (unpaired) electrons. The van der Waals surface area contributed by atoms with Crippen LogP contribution < -0.4 is 26.4 Å². The summed E-state index contributed by atoms with van der Waals surface area (Å²) >= 11 is 0. The SMILES string of the molecule is C[C@H](CCCOP(=O)(N[C@@H](CC(=O)OCc1ccccc1)C(=O)OCc1ccccc1)OCc1ccccc1)NC(=O)CC[C@H](NC(=O)CCCCCNC(=O)CCCCCNC(=O)c1ccc(F)nc1)C(=O)OCc1ccccc1. The summed E-state index contributed by atoms with van der Waals surface area (Å²) in [6, 6.07) is 35.3. The zero-order chi connectivity index (χ0) is 57.9. The van der Waals surface area contributed by atoms with E-state index in [1.807, 2.05) is 36.4 Å². The molecule has 0 saturated carbocycles. The van der Waals surface area contributed by atoms with Gasteiger partial charge in [0, 0.05) is 44.6 Å². The first-order chi connectivity index (χ1) is 39.2. The molecule has 4 atom stereocenters. The fraction of sp³-hybridized carbons (Fsp3) is 0.400. The second-order valence-corrected chi connectivity index (χ2v) is 20.9. The van der Waals surface area contributed by atoms with Crippen molar-refractivity contribution < 1.29 is 65.8 Å². The lowest BCUT2D eigenvalue weighted by molar-refractivity contribution is -0.153. The van der Waals surface area contributed by atoms with Crippen molar-refractivity contribution in [3.63, 3.8) is 0 Å². The van der Waals surface area contributed by atoms with Crippen LogP contribution in [0.15, 0.2) is 140 Å². The second kappa shape index (κ2) is 36.6. The number of benzene rings is 4. The number of rotatable bonds is 38. The molecule has 1 unspecified atom stereocenters. The third kappa shape index (κ3) is 26.9. The van der Waals surface area contributed by atoms with Gasteiger partial charge in [0.05, 0.1) is 25.2 Å².